The molecule has 2 aromatic rings. The molecule has 1 aromatic heterocycles. The SMILES string of the molecule is O=C(O)COc1cccc(CNC(=O)C2CC(=O)N(Cc3ccco3)C2)c1. The predicted octanol–water partition coefficient (Wildman–Crippen LogP) is 1.41. The van der Waals surface area contributed by atoms with E-state index in [1.165, 1.54) is 0 Å². The van der Waals surface area contributed by atoms with E-state index in [1.807, 2.05) is 0 Å². The summed E-state index contributed by atoms with van der Waals surface area (Å²) in [4.78, 5) is 36.7. The summed E-state index contributed by atoms with van der Waals surface area (Å²) in [7, 11) is 0. The van der Waals surface area contributed by atoms with E-state index in [-0.39, 0.29) is 24.8 Å². The maximum Gasteiger partial charge on any atom is 0.341 e. The van der Waals surface area contributed by atoms with Crippen LogP contribution in [0.5, 0.6) is 5.75 Å². The highest BCUT2D eigenvalue weighted by atomic mass is 16.5. The summed E-state index contributed by atoms with van der Waals surface area (Å²) in [5.41, 5.74) is 0.781. The third-order valence-corrected chi connectivity index (χ3v) is 4.24. The van der Waals surface area contributed by atoms with Crippen LogP contribution in [0.1, 0.15) is 17.7 Å². The van der Waals surface area contributed by atoms with Crippen LogP contribution in [0.2, 0.25) is 0 Å². The van der Waals surface area contributed by atoms with Gasteiger partial charge in [-0.15, -0.1) is 0 Å². The number of carboxylic acid groups (broad SMARTS) is 1. The van der Waals surface area contributed by atoms with Gasteiger partial charge in [-0.25, -0.2) is 4.79 Å². The number of ether oxygens (including phenoxy) is 1. The highest BCUT2D eigenvalue weighted by molar-refractivity contribution is 5.89. The van der Waals surface area contributed by atoms with E-state index in [4.69, 9.17) is 14.3 Å². The summed E-state index contributed by atoms with van der Waals surface area (Å²) in [5.74, 6) is -0.622. The lowest BCUT2D eigenvalue weighted by Crippen LogP contribution is -2.32. The molecule has 3 rings (SSSR count). The summed E-state index contributed by atoms with van der Waals surface area (Å²) >= 11 is 0. The zero-order chi connectivity index (χ0) is 19.2. The number of carboxylic acids is 1. The Morgan fingerprint density at radius 3 is 2.89 bits per heavy atom. The molecule has 0 spiro atoms. The van der Waals surface area contributed by atoms with Gasteiger partial charge < -0.3 is 24.5 Å². The number of rotatable bonds is 8. The number of amides is 2. The molecule has 0 aliphatic carbocycles. The van der Waals surface area contributed by atoms with Crippen molar-refractivity contribution in [3.8, 4) is 5.75 Å². The molecule has 2 heterocycles. The number of nitrogens with zero attached hydrogens (tertiary/aromatic N) is 1. The van der Waals surface area contributed by atoms with Crippen LogP contribution >= 0.6 is 0 Å². The highest BCUT2D eigenvalue weighted by Gasteiger charge is 2.34. The van der Waals surface area contributed by atoms with Gasteiger partial charge in [0.15, 0.2) is 6.61 Å². The molecule has 8 nitrogen and oxygen atoms in total. The molecule has 0 bridgehead atoms. The molecule has 1 aromatic carbocycles. The van der Waals surface area contributed by atoms with Crippen LogP contribution < -0.4 is 10.1 Å². The molecule has 1 unspecified atom stereocenters. The van der Waals surface area contributed by atoms with Gasteiger partial charge >= 0.3 is 5.97 Å². The number of furan rings is 1. The van der Waals surface area contributed by atoms with Gasteiger partial charge in [-0.3, -0.25) is 9.59 Å². The highest BCUT2D eigenvalue weighted by Crippen LogP contribution is 2.21. The first kappa shape index (κ1) is 18.5. The maximum atomic E-state index is 12.4. The van der Waals surface area contributed by atoms with Gasteiger partial charge in [-0.2, -0.15) is 0 Å². The van der Waals surface area contributed by atoms with Gasteiger partial charge in [-0.05, 0) is 29.8 Å². The van der Waals surface area contributed by atoms with Crippen LogP contribution in [0.25, 0.3) is 0 Å². The summed E-state index contributed by atoms with van der Waals surface area (Å²) < 4.78 is 10.4. The van der Waals surface area contributed by atoms with Crippen molar-refractivity contribution >= 4 is 17.8 Å². The lowest BCUT2D eigenvalue weighted by Gasteiger charge is -2.15. The van der Waals surface area contributed by atoms with E-state index >= 15 is 0 Å². The maximum absolute atomic E-state index is 12.4. The van der Waals surface area contributed by atoms with Crippen molar-refractivity contribution in [3.05, 3.63) is 54.0 Å². The molecule has 0 saturated carbocycles. The fourth-order valence-electron chi connectivity index (χ4n) is 2.92. The average Bonchev–Trinajstić information content (AvgIpc) is 3.29. The van der Waals surface area contributed by atoms with Crippen LogP contribution in [0.4, 0.5) is 0 Å². The number of hydrogen-bond acceptors (Lipinski definition) is 5. The second kappa shape index (κ2) is 8.39. The van der Waals surface area contributed by atoms with Crippen LogP contribution in [0, 0.1) is 5.92 Å². The first-order valence-corrected chi connectivity index (χ1v) is 8.52. The molecule has 2 N–H and O–H groups in total. The number of benzene rings is 1. The topological polar surface area (TPSA) is 109 Å². The zero-order valence-electron chi connectivity index (χ0n) is 14.6. The van der Waals surface area contributed by atoms with Gasteiger partial charge in [-0.1, -0.05) is 12.1 Å². The van der Waals surface area contributed by atoms with Gasteiger partial charge in [0.1, 0.15) is 11.5 Å². The van der Waals surface area contributed by atoms with Crippen molar-refractivity contribution in [3.63, 3.8) is 0 Å². The zero-order valence-corrected chi connectivity index (χ0v) is 14.6. The Morgan fingerprint density at radius 2 is 2.15 bits per heavy atom. The second-order valence-electron chi connectivity index (χ2n) is 6.30. The lowest BCUT2D eigenvalue weighted by atomic mass is 10.1. The van der Waals surface area contributed by atoms with Crippen molar-refractivity contribution in [2.24, 2.45) is 5.92 Å². The monoisotopic (exact) mass is 372 g/mol. The number of carbonyl (C=O) groups is 3. The number of hydrogen-bond donors (Lipinski definition) is 2. The van der Waals surface area contributed by atoms with E-state index in [9.17, 15) is 14.4 Å². The van der Waals surface area contributed by atoms with E-state index in [1.54, 1.807) is 47.6 Å². The van der Waals surface area contributed by atoms with E-state index in [0.717, 1.165) is 5.56 Å². The van der Waals surface area contributed by atoms with Crippen LogP contribution in [0.3, 0.4) is 0 Å². The van der Waals surface area contributed by atoms with Crippen molar-refractivity contribution in [2.75, 3.05) is 13.2 Å². The third-order valence-electron chi connectivity index (χ3n) is 4.24. The number of carbonyl (C=O) groups excluding carboxylic acids is 2. The molecule has 27 heavy (non-hydrogen) atoms. The summed E-state index contributed by atoms with van der Waals surface area (Å²) in [6.45, 7) is 0.559. The lowest BCUT2D eigenvalue weighted by molar-refractivity contribution is -0.139. The molecule has 1 fully saturated rings. The van der Waals surface area contributed by atoms with Gasteiger partial charge in [0.2, 0.25) is 11.8 Å². The van der Waals surface area contributed by atoms with Crippen molar-refractivity contribution in [1.29, 1.82) is 0 Å². The fourth-order valence-corrected chi connectivity index (χ4v) is 2.92. The molecule has 8 heteroatoms. The van der Waals surface area contributed by atoms with Crippen molar-refractivity contribution in [1.82, 2.24) is 10.2 Å². The molecule has 1 atom stereocenters. The van der Waals surface area contributed by atoms with Gasteiger partial charge in [0, 0.05) is 19.5 Å². The first-order chi connectivity index (χ1) is 13.0. The van der Waals surface area contributed by atoms with Crippen molar-refractivity contribution in [2.45, 2.75) is 19.5 Å². The van der Waals surface area contributed by atoms with E-state index in [0.29, 0.717) is 24.6 Å². The molecular weight excluding hydrogens is 352 g/mol. The quantitative estimate of drug-likeness (QED) is 0.725. The van der Waals surface area contributed by atoms with Crippen LogP contribution in [-0.4, -0.2) is 40.9 Å². The van der Waals surface area contributed by atoms with E-state index in [2.05, 4.69) is 5.32 Å². The summed E-state index contributed by atoms with van der Waals surface area (Å²) in [6.07, 6.45) is 1.72. The standard InChI is InChI=1S/C19H20N2O6/c22-17-8-14(10-21(17)11-16-5-2-6-26-16)19(25)20-9-13-3-1-4-15(7-13)27-12-18(23)24/h1-7,14H,8-12H2,(H,20,25)(H,23,24). The molecule has 1 saturated heterocycles. The van der Waals surface area contributed by atoms with Crippen LogP contribution in [-0.2, 0) is 27.5 Å². The predicted molar refractivity (Wildman–Crippen MR) is 93.7 cm³/mol. The third kappa shape index (κ3) is 5.10. The van der Waals surface area contributed by atoms with Crippen molar-refractivity contribution < 1.29 is 28.6 Å². The Bertz CT molecular complexity index is 817. The van der Waals surface area contributed by atoms with E-state index < -0.39 is 18.5 Å². The van der Waals surface area contributed by atoms with Gasteiger partial charge in [0.05, 0.1) is 18.7 Å². The Balaban J connectivity index is 1.50. The Hall–Kier alpha value is -3.29. The molecule has 0 radical (unpaired) electrons. The van der Waals surface area contributed by atoms with Gasteiger partial charge in [0.25, 0.3) is 0 Å². The first-order valence-electron chi connectivity index (χ1n) is 8.52. The Labute approximate surface area is 155 Å². The number of nitrogens with one attached hydrogen (secondary N) is 1. The molecular formula is C19H20N2O6. The second-order valence-corrected chi connectivity index (χ2v) is 6.30. The molecule has 1 aliphatic rings. The number of likely N-dealkylation sites (tertiary alicyclic amines) is 1. The minimum Gasteiger partial charge on any atom is -0.482 e. The largest absolute Gasteiger partial charge is 0.482 e. The fraction of sp³-hybridized carbons (Fsp3) is 0.316. The molecule has 2 amide bonds. The molecule has 1 aliphatic heterocycles. The smallest absolute Gasteiger partial charge is 0.341 e. The average molecular weight is 372 g/mol. The molecule has 142 valence electrons. The Kier molecular flexibility index (Phi) is 5.75. The normalized spacial score (nSPS) is 16.4. The summed E-state index contributed by atoms with van der Waals surface area (Å²) in [6, 6.07) is 10.4. The van der Waals surface area contributed by atoms with Crippen LogP contribution in [0.15, 0.2) is 47.1 Å². The minimum absolute atomic E-state index is 0.0735. The summed E-state index contributed by atoms with van der Waals surface area (Å²) in [5, 5.41) is 11.5. The Morgan fingerprint density at radius 1 is 1.30 bits per heavy atom. The number of aliphatic carboxylic acids is 1. The minimum atomic E-state index is -1.06.